The Morgan fingerprint density at radius 1 is 1.44 bits per heavy atom. The molecule has 0 saturated heterocycles. The maximum absolute atomic E-state index is 10.6. The molecule has 16 heavy (non-hydrogen) atoms. The number of hydrogen-bond donors (Lipinski definition) is 2. The van der Waals surface area contributed by atoms with Crippen LogP contribution < -0.4 is 5.32 Å². The molecule has 0 amide bonds. The van der Waals surface area contributed by atoms with Crippen molar-refractivity contribution >= 4 is 11.7 Å². The molecule has 1 heterocycles. The minimum absolute atomic E-state index is 0.249. The van der Waals surface area contributed by atoms with Crippen LogP contribution in [0.2, 0.25) is 0 Å². The Kier molecular flexibility index (Phi) is 2.86. The molecule has 3 nitrogen and oxygen atoms in total. The molecule has 2 N–H and O–H groups in total. The number of rotatable bonds is 3. The van der Waals surface area contributed by atoms with E-state index >= 15 is 0 Å². The van der Waals surface area contributed by atoms with Crippen molar-refractivity contribution in [3.63, 3.8) is 0 Å². The van der Waals surface area contributed by atoms with E-state index in [2.05, 4.69) is 31.3 Å². The van der Waals surface area contributed by atoms with Gasteiger partial charge in [0.1, 0.15) is 0 Å². The summed E-state index contributed by atoms with van der Waals surface area (Å²) in [6.45, 7) is 5.05. The summed E-state index contributed by atoms with van der Waals surface area (Å²) in [6.07, 6.45) is 0.971. The Morgan fingerprint density at radius 3 is 2.81 bits per heavy atom. The monoisotopic (exact) mass is 219 g/mol. The van der Waals surface area contributed by atoms with Gasteiger partial charge in [-0.3, -0.25) is 4.79 Å². The van der Waals surface area contributed by atoms with Crippen molar-refractivity contribution in [2.75, 3.05) is 11.9 Å². The number of fused-ring (bicyclic) bond motifs is 1. The van der Waals surface area contributed by atoms with E-state index in [1.165, 1.54) is 22.4 Å². The van der Waals surface area contributed by atoms with E-state index < -0.39 is 5.97 Å². The lowest BCUT2D eigenvalue weighted by Crippen LogP contribution is -2.05. The van der Waals surface area contributed by atoms with Gasteiger partial charge in [-0.2, -0.15) is 0 Å². The number of carboxylic acids is 1. The van der Waals surface area contributed by atoms with Gasteiger partial charge in [0.2, 0.25) is 0 Å². The third kappa shape index (κ3) is 1.90. The van der Waals surface area contributed by atoms with Gasteiger partial charge in [-0.1, -0.05) is 12.1 Å². The zero-order chi connectivity index (χ0) is 11.7. The summed E-state index contributed by atoms with van der Waals surface area (Å²) >= 11 is 0. The first-order valence-corrected chi connectivity index (χ1v) is 5.65. The summed E-state index contributed by atoms with van der Waals surface area (Å²) in [5, 5.41) is 12.1. The summed E-state index contributed by atoms with van der Waals surface area (Å²) in [7, 11) is 0. The maximum atomic E-state index is 10.6. The molecule has 1 aliphatic rings. The van der Waals surface area contributed by atoms with Gasteiger partial charge in [0.25, 0.3) is 0 Å². The smallest absolute Gasteiger partial charge is 0.303 e. The SMILES string of the molecule is Cc1ccc(C)c2c1NCC2CCC(=O)O. The van der Waals surface area contributed by atoms with Gasteiger partial charge in [-0.25, -0.2) is 0 Å². The van der Waals surface area contributed by atoms with Crippen LogP contribution in [0, 0.1) is 13.8 Å². The topological polar surface area (TPSA) is 49.3 Å². The summed E-state index contributed by atoms with van der Waals surface area (Å²) in [5.74, 6) is -0.357. The summed E-state index contributed by atoms with van der Waals surface area (Å²) < 4.78 is 0. The summed E-state index contributed by atoms with van der Waals surface area (Å²) in [5.41, 5.74) is 5.05. The number of anilines is 1. The van der Waals surface area contributed by atoms with E-state index in [4.69, 9.17) is 5.11 Å². The van der Waals surface area contributed by atoms with Crippen molar-refractivity contribution in [3.8, 4) is 0 Å². The first-order valence-electron chi connectivity index (χ1n) is 5.65. The van der Waals surface area contributed by atoms with Gasteiger partial charge in [0.15, 0.2) is 0 Å². The fourth-order valence-corrected chi connectivity index (χ4v) is 2.46. The highest BCUT2D eigenvalue weighted by molar-refractivity contribution is 5.68. The molecule has 0 aliphatic carbocycles. The van der Waals surface area contributed by atoms with Crippen LogP contribution in [-0.2, 0) is 4.79 Å². The van der Waals surface area contributed by atoms with Gasteiger partial charge in [0.05, 0.1) is 0 Å². The highest BCUT2D eigenvalue weighted by atomic mass is 16.4. The highest BCUT2D eigenvalue weighted by Crippen LogP contribution is 2.38. The minimum atomic E-state index is -0.709. The third-order valence-electron chi connectivity index (χ3n) is 3.31. The molecule has 3 heteroatoms. The van der Waals surface area contributed by atoms with Crippen LogP contribution in [-0.4, -0.2) is 17.6 Å². The number of carboxylic acid groups (broad SMARTS) is 1. The fraction of sp³-hybridized carbons (Fsp3) is 0.462. The van der Waals surface area contributed by atoms with E-state index in [-0.39, 0.29) is 6.42 Å². The normalized spacial score (nSPS) is 18.0. The molecule has 1 aromatic rings. The number of nitrogens with one attached hydrogen (secondary N) is 1. The van der Waals surface area contributed by atoms with Crippen molar-refractivity contribution in [2.45, 2.75) is 32.6 Å². The van der Waals surface area contributed by atoms with Gasteiger partial charge >= 0.3 is 5.97 Å². The second-order valence-corrected chi connectivity index (χ2v) is 4.50. The first-order chi connectivity index (χ1) is 7.59. The molecule has 0 saturated carbocycles. The van der Waals surface area contributed by atoms with E-state index in [0.717, 1.165) is 13.0 Å². The molecule has 86 valence electrons. The Morgan fingerprint density at radius 2 is 2.12 bits per heavy atom. The molecule has 0 radical (unpaired) electrons. The van der Waals surface area contributed by atoms with Crippen LogP contribution in [0.5, 0.6) is 0 Å². The maximum Gasteiger partial charge on any atom is 0.303 e. The van der Waals surface area contributed by atoms with Crippen LogP contribution in [0.1, 0.15) is 35.4 Å². The van der Waals surface area contributed by atoms with E-state index in [0.29, 0.717) is 5.92 Å². The quantitative estimate of drug-likeness (QED) is 0.821. The Labute approximate surface area is 95.5 Å². The lowest BCUT2D eigenvalue weighted by atomic mass is 9.91. The van der Waals surface area contributed by atoms with Crippen LogP contribution in [0.15, 0.2) is 12.1 Å². The second kappa shape index (κ2) is 4.16. The van der Waals surface area contributed by atoms with Crippen LogP contribution in [0.25, 0.3) is 0 Å². The minimum Gasteiger partial charge on any atom is -0.481 e. The molecular formula is C13H17NO2. The number of hydrogen-bond acceptors (Lipinski definition) is 2. The average Bonchev–Trinajstić information content (AvgIpc) is 2.65. The Balaban J connectivity index is 2.25. The lowest BCUT2D eigenvalue weighted by molar-refractivity contribution is -0.137. The average molecular weight is 219 g/mol. The van der Waals surface area contributed by atoms with Crippen molar-refractivity contribution in [2.24, 2.45) is 0 Å². The number of aliphatic carboxylic acids is 1. The van der Waals surface area contributed by atoms with Crippen LogP contribution in [0.4, 0.5) is 5.69 Å². The fourth-order valence-electron chi connectivity index (χ4n) is 2.46. The molecule has 2 rings (SSSR count). The molecule has 0 fully saturated rings. The molecule has 1 atom stereocenters. The van der Waals surface area contributed by atoms with Crippen molar-refractivity contribution in [1.29, 1.82) is 0 Å². The van der Waals surface area contributed by atoms with Crippen LogP contribution >= 0.6 is 0 Å². The molecule has 1 aromatic carbocycles. The predicted octanol–water partition coefficient (Wildman–Crippen LogP) is 2.68. The van der Waals surface area contributed by atoms with Crippen molar-refractivity contribution in [3.05, 3.63) is 28.8 Å². The predicted molar refractivity (Wildman–Crippen MR) is 64.0 cm³/mol. The largest absolute Gasteiger partial charge is 0.481 e. The van der Waals surface area contributed by atoms with Crippen molar-refractivity contribution < 1.29 is 9.90 Å². The standard InChI is InChI=1S/C13H17NO2/c1-8-3-4-9(2)13-12(8)10(7-14-13)5-6-11(15)16/h3-4,10,14H,5-7H2,1-2H3,(H,15,16). The van der Waals surface area contributed by atoms with E-state index in [9.17, 15) is 4.79 Å². The van der Waals surface area contributed by atoms with E-state index in [1.54, 1.807) is 0 Å². The number of benzene rings is 1. The number of carbonyl (C=O) groups is 1. The zero-order valence-electron chi connectivity index (χ0n) is 9.71. The second-order valence-electron chi connectivity index (χ2n) is 4.50. The molecule has 1 unspecified atom stereocenters. The Bertz CT molecular complexity index is 426. The van der Waals surface area contributed by atoms with Crippen LogP contribution in [0.3, 0.4) is 0 Å². The van der Waals surface area contributed by atoms with Gasteiger partial charge in [-0.15, -0.1) is 0 Å². The lowest BCUT2D eigenvalue weighted by Gasteiger charge is -2.12. The molecule has 0 bridgehead atoms. The molecule has 1 aliphatic heterocycles. The Hall–Kier alpha value is -1.51. The van der Waals surface area contributed by atoms with Gasteiger partial charge in [-0.05, 0) is 37.0 Å². The summed E-state index contributed by atoms with van der Waals surface area (Å²) in [4.78, 5) is 10.6. The molecular weight excluding hydrogens is 202 g/mol. The molecule has 0 aromatic heterocycles. The molecule has 0 spiro atoms. The number of aryl methyl sites for hydroxylation is 2. The summed E-state index contributed by atoms with van der Waals surface area (Å²) in [6, 6.07) is 4.23. The van der Waals surface area contributed by atoms with Gasteiger partial charge < -0.3 is 10.4 Å². The van der Waals surface area contributed by atoms with Crippen molar-refractivity contribution in [1.82, 2.24) is 0 Å². The highest BCUT2D eigenvalue weighted by Gasteiger charge is 2.25. The van der Waals surface area contributed by atoms with E-state index in [1.807, 2.05) is 0 Å². The first kappa shape index (κ1) is 11.0. The zero-order valence-corrected chi connectivity index (χ0v) is 9.71. The third-order valence-corrected chi connectivity index (χ3v) is 3.31. The van der Waals surface area contributed by atoms with Gasteiger partial charge in [0, 0.05) is 24.6 Å².